The topological polar surface area (TPSA) is 127 Å². The molecule has 0 unspecified atom stereocenters. The van der Waals surface area contributed by atoms with Crippen LogP contribution in [0.15, 0.2) is 23.1 Å². The van der Waals surface area contributed by atoms with Crippen LogP contribution >= 0.6 is 0 Å². The zero-order chi connectivity index (χ0) is 16.3. The van der Waals surface area contributed by atoms with Gasteiger partial charge < -0.3 is 5.43 Å². The van der Waals surface area contributed by atoms with Gasteiger partial charge in [-0.2, -0.15) is 0 Å². The first kappa shape index (κ1) is 17.3. The molecule has 8 nitrogen and oxygen atoms in total. The van der Waals surface area contributed by atoms with Crippen molar-refractivity contribution < 1.29 is 13.3 Å². The number of nitro benzene ring substituents is 1. The summed E-state index contributed by atoms with van der Waals surface area (Å²) in [4.78, 5) is 9.94. The molecular formula is C12H20N4O4S. The summed E-state index contributed by atoms with van der Waals surface area (Å²) < 4.78 is 26.9. The van der Waals surface area contributed by atoms with E-state index in [0.29, 0.717) is 6.42 Å². The maximum Gasteiger partial charge on any atom is 0.271 e. The van der Waals surface area contributed by atoms with Crippen molar-refractivity contribution in [3.8, 4) is 0 Å². The number of nitrogens with two attached hydrogens (primary N) is 1. The third-order valence-corrected chi connectivity index (χ3v) is 4.31. The van der Waals surface area contributed by atoms with Crippen LogP contribution in [0.3, 0.4) is 0 Å². The number of nitrogens with zero attached hydrogens (tertiary/aromatic N) is 1. The third kappa shape index (κ3) is 4.96. The predicted molar refractivity (Wildman–Crippen MR) is 80.2 cm³/mol. The fraction of sp³-hybridized carbons (Fsp3) is 0.500. The van der Waals surface area contributed by atoms with Gasteiger partial charge in [-0.1, -0.05) is 20.8 Å². The van der Waals surface area contributed by atoms with Crippen molar-refractivity contribution in [1.29, 1.82) is 0 Å². The van der Waals surface area contributed by atoms with Crippen LogP contribution in [0.4, 0.5) is 11.4 Å². The molecule has 118 valence electrons. The second-order valence-corrected chi connectivity index (χ2v) is 7.53. The Labute approximate surface area is 123 Å². The van der Waals surface area contributed by atoms with E-state index in [1.165, 1.54) is 0 Å². The summed E-state index contributed by atoms with van der Waals surface area (Å²) in [5, 5.41) is 10.7. The lowest BCUT2D eigenvalue weighted by Gasteiger charge is -2.18. The molecule has 0 saturated carbocycles. The van der Waals surface area contributed by atoms with Crippen LogP contribution < -0.4 is 16.0 Å². The SMILES string of the molecule is CC(C)(C)CCNS(=O)(=O)c1ccc([N+](=O)[O-])cc1NN. The zero-order valence-electron chi connectivity index (χ0n) is 12.2. The number of anilines is 1. The largest absolute Gasteiger partial charge is 0.323 e. The van der Waals surface area contributed by atoms with Gasteiger partial charge in [0, 0.05) is 18.7 Å². The van der Waals surface area contributed by atoms with E-state index in [1.807, 2.05) is 20.8 Å². The Morgan fingerprint density at radius 3 is 2.43 bits per heavy atom. The summed E-state index contributed by atoms with van der Waals surface area (Å²) in [6.45, 7) is 6.27. The van der Waals surface area contributed by atoms with Gasteiger partial charge >= 0.3 is 0 Å². The predicted octanol–water partition coefficient (Wildman–Crippen LogP) is 1.59. The second kappa shape index (κ2) is 6.37. The Bertz CT molecular complexity index is 623. The molecule has 0 aromatic heterocycles. The standard InChI is InChI=1S/C12H20N4O4S/c1-12(2,3)6-7-14-21(19,20)11-5-4-9(16(17)18)8-10(11)15-13/h4-5,8,14-15H,6-7,13H2,1-3H3. The summed E-state index contributed by atoms with van der Waals surface area (Å²) in [5.41, 5.74) is 1.91. The lowest BCUT2D eigenvalue weighted by Crippen LogP contribution is -2.28. The van der Waals surface area contributed by atoms with Crippen molar-refractivity contribution in [3.63, 3.8) is 0 Å². The number of nitro groups is 1. The number of non-ortho nitro benzene ring substituents is 1. The van der Waals surface area contributed by atoms with Crippen LogP contribution in [0.2, 0.25) is 0 Å². The number of nitrogens with one attached hydrogen (secondary N) is 2. The molecule has 1 aromatic rings. The van der Waals surface area contributed by atoms with Crippen molar-refractivity contribution in [2.75, 3.05) is 12.0 Å². The van der Waals surface area contributed by atoms with Crippen LogP contribution in [0.5, 0.6) is 0 Å². The molecule has 0 amide bonds. The lowest BCUT2D eigenvalue weighted by atomic mass is 9.93. The fourth-order valence-electron chi connectivity index (χ4n) is 1.62. The number of rotatable bonds is 6. The van der Waals surface area contributed by atoms with Gasteiger partial charge in [0.25, 0.3) is 5.69 Å². The molecule has 0 radical (unpaired) electrons. The Kier molecular flexibility index (Phi) is 5.26. The Morgan fingerprint density at radius 2 is 1.95 bits per heavy atom. The first-order chi connectivity index (χ1) is 9.57. The summed E-state index contributed by atoms with van der Waals surface area (Å²) in [7, 11) is -3.78. The highest BCUT2D eigenvalue weighted by molar-refractivity contribution is 7.89. The smallest absolute Gasteiger partial charge is 0.271 e. The minimum atomic E-state index is -3.78. The maximum atomic E-state index is 12.2. The van der Waals surface area contributed by atoms with Gasteiger partial charge in [-0.05, 0) is 17.9 Å². The van der Waals surface area contributed by atoms with Gasteiger partial charge in [0.2, 0.25) is 10.0 Å². The van der Waals surface area contributed by atoms with E-state index in [0.717, 1.165) is 18.2 Å². The second-order valence-electron chi connectivity index (χ2n) is 5.79. The average Bonchev–Trinajstić information content (AvgIpc) is 2.35. The number of nitrogen functional groups attached to an aromatic ring is 1. The molecule has 21 heavy (non-hydrogen) atoms. The summed E-state index contributed by atoms with van der Waals surface area (Å²) >= 11 is 0. The molecule has 1 rings (SSSR count). The first-order valence-electron chi connectivity index (χ1n) is 6.31. The van der Waals surface area contributed by atoms with Gasteiger partial charge in [0.1, 0.15) is 4.90 Å². The number of benzene rings is 1. The van der Waals surface area contributed by atoms with E-state index in [4.69, 9.17) is 5.84 Å². The van der Waals surface area contributed by atoms with Crippen molar-refractivity contribution in [3.05, 3.63) is 28.3 Å². The highest BCUT2D eigenvalue weighted by atomic mass is 32.2. The first-order valence-corrected chi connectivity index (χ1v) is 7.80. The lowest BCUT2D eigenvalue weighted by molar-refractivity contribution is -0.384. The van der Waals surface area contributed by atoms with Crippen molar-refractivity contribution >= 4 is 21.4 Å². The normalized spacial score (nSPS) is 12.2. The molecular weight excluding hydrogens is 296 g/mol. The van der Waals surface area contributed by atoms with Crippen LogP contribution in [-0.2, 0) is 10.0 Å². The molecule has 0 saturated heterocycles. The number of hydrogen-bond acceptors (Lipinski definition) is 6. The quantitative estimate of drug-likeness (QED) is 0.415. The van der Waals surface area contributed by atoms with Crippen LogP contribution in [0.25, 0.3) is 0 Å². The maximum absolute atomic E-state index is 12.2. The number of sulfonamides is 1. The Morgan fingerprint density at radius 1 is 1.33 bits per heavy atom. The van der Waals surface area contributed by atoms with E-state index in [-0.39, 0.29) is 28.2 Å². The van der Waals surface area contributed by atoms with Crippen LogP contribution in [-0.4, -0.2) is 19.9 Å². The minimum Gasteiger partial charge on any atom is -0.323 e. The molecule has 4 N–H and O–H groups in total. The van der Waals surface area contributed by atoms with Crippen molar-refractivity contribution in [2.24, 2.45) is 11.3 Å². The molecule has 9 heteroatoms. The van der Waals surface area contributed by atoms with E-state index in [2.05, 4.69) is 10.1 Å². The van der Waals surface area contributed by atoms with Crippen LogP contribution in [0, 0.1) is 15.5 Å². The Hall–Kier alpha value is -1.71. The molecule has 0 aliphatic heterocycles. The molecule has 0 atom stereocenters. The molecule has 0 aliphatic rings. The molecule has 1 aromatic carbocycles. The van der Waals surface area contributed by atoms with Gasteiger partial charge in [-0.3, -0.25) is 16.0 Å². The molecule has 0 bridgehead atoms. The average molecular weight is 316 g/mol. The highest BCUT2D eigenvalue weighted by Crippen LogP contribution is 2.26. The van der Waals surface area contributed by atoms with Gasteiger partial charge in [-0.15, -0.1) is 0 Å². The summed E-state index contributed by atoms with van der Waals surface area (Å²) in [6.07, 6.45) is 0.657. The van der Waals surface area contributed by atoms with Gasteiger partial charge in [-0.25, -0.2) is 13.1 Å². The van der Waals surface area contributed by atoms with Crippen molar-refractivity contribution in [1.82, 2.24) is 4.72 Å². The fourth-order valence-corrected chi connectivity index (χ4v) is 2.80. The monoisotopic (exact) mass is 316 g/mol. The summed E-state index contributed by atoms with van der Waals surface area (Å²) in [6, 6.07) is 3.37. The summed E-state index contributed by atoms with van der Waals surface area (Å²) in [5.74, 6) is 5.25. The highest BCUT2D eigenvalue weighted by Gasteiger charge is 2.21. The molecule has 0 spiro atoms. The van der Waals surface area contributed by atoms with Crippen LogP contribution in [0.1, 0.15) is 27.2 Å². The number of hydrazine groups is 1. The van der Waals surface area contributed by atoms with E-state index in [9.17, 15) is 18.5 Å². The zero-order valence-corrected chi connectivity index (χ0v) is 13.0. The van der Waals surface area contributed by atoms with E-state index in [1.54, 1.807) is 0 Å². The van der Waals surface area contributed by atoms with E-state index < -0.39 is 14.9 Å². The molecule has 0 aliphatic carbocycles. The number of hydrogen-bond donors (Lipinski definition) is 3. The Balaban J connectivity index is 3.00. The van der Waals surface area contributed by atoms with Crippen molar-refractivity contribution in [2.45, 2.75) is 32.1 Å². The molecule has 0 heterocycles. The van der Waals surface area contributed by atoms with Gasteiger partial charge in [0.05, 0.1) is 10.6 Å². The van der Waals surface area contributed by atoms with E-state index >= 15 is 0 Å². The molecule has 0 fully saturated rings. The third-order valence-electron chi connectivity index (χ3n) is 2.79. The van der Waals surface area contributed by atoms with Gasteiger partial charge in [0.15, 0.2) is 0 Å². The minimum absolute atomic E-state index is 0.00700.